The van der Waals surface area contributed by atoms with Crippen molar-refractivity contribution in [3.05, 3.63) is 47.4 Å². The molecule has 5 rings (SSSR count). The van der Waals surface area contributed by atoms with Gasteiger partial charge in [0.25, 0.3) is 6.43 Å². The molecule has 0 aromatic carbocycles. The van der Waals surface area contributed by atoms with Crippen LogP contribution >= 0.6 is 11.3 Å². The van der Waals surface area contributed by atoms with E-state index in [1.165, 1.54) is 13.4 Å². The first kappa shape index (κ1) is 19.8. The largest absolute Gasteiger partial charge is 0.340 e. The minimum absolute atomic E-state index is 0.220. The van der Waals surface area contributed by atoms with Crippen molar-refractivity contribution in [2.24, 2.45) is 5.92 Å². The fourth-order valence-electron chi connectivity index (χ4n) is 4.16. The van der Waals surface area contributed by atoms with Gasteiger partial charge in [0.1, 0.15) is 17.0 Å². The quantitative estimate of drug-likeness (QED) is 0.507. The molecule has 4 aromatic heterocycles. The Morgan fingerprint density at radius 2 is 2.26 bits per heavy atom. The highest BCUT2D eigenvalue weighted by atomic mass is 32.1. The van der Waals surface area contributed by atoms with Crippen LogP contribution in [0.3, 0.4) is 0 Å². The van der Waals surface area contributed by atoms with Crippen LogP contribution in [0.5, 0.6) is 0 Å². The van der Waals surface area contributed by atoms with Gasteiger partial charge in [0, 0.05) is 35.9 Å². The Morgan fingerprint density at radius 1 is 1.39 bits per heavy atom. The maximum atomic E-state index is 12.7. The molecule has 4 aromatic rings. The number of carbonyl (C=O) groups excluding carboxylic acids is 1. The van der Waals surface area contributed by atoms with Gasteiger partial charge in [-0.25, -0.2) is 23.3 Å². The molecule has 10 heteroatoms. The zero-order valence-corrected chi connectivity index (χ0v) is 17.6. The van der Waals surface area contributed by atoms with Gasteiger partial charge in [-0.3, -0.25) is 4.79 Å². The molecule has 31 heavy (non-hydrogen) atoms. The van der Waals surface area contributed by atoms with E-state index in [4.69, 9.17) is 0 Å². The molecule has 0 bridgehead atoms. The van der Waals surface area contributed by atoms with Gasteiger partial charge >= 0.3 is 0 Å². The molecule has 160 valence electrons. The number of alkyl halides is 2. The molecule has 1 amide bonds. The third-order valence-corrected chi connectivity index (χ3v) is 6.81. The first-order valence-corrected chi connectivity index (χ1v) is 10.8. The molecule has 1 aliphatic rings. The highest BCUT2D eigenvalue weighted by Crippen LogP contribution is 2.40. The number of carbonyl (C=O) groups is 1. The molecule has 0 fully saturated rings. The van der Waals surface area contributed by atoms with Crippen LogP contribution in [0.15, 0.2) is 36.9 Å². The molecule has 0 saturated heterocycles. The minimum atomic E-state index is -2.52. The summed E-state index contributed by atoms with van der Waals surface area (Å²) < 4.78 is 27.1. The van der Waals surface area contributed by atoms with Crippen molar-refractivity contribution in [1.29, 1.82) is 0 Å². The second-order valence-electron chi connectivity index (χ2n) is 7.70. The maximum absolute atomic E-state index is 12.7. The lowest BCUT2D eigenvalue weighted by molar-refractivity contribution is -0.136. The van der Waals surface area contributed by atoms with E-state index in [0.717, 1.165) is 42.6 Å². The van der Waals surface area contributed by atoms with Gasteiger partial charge in [0.15, 0.2) is 0 Å². The number of amides is 1. The molecule has 0 spiro atoms. The van der Waals surface area contributed by atoms with E-state index < -0.39 is 13.0 Å². The molecule has 0 saturated carbocycles. The maximum Gasteiger partial charge on any atom is 0.255 e. The predicted octanol–water partition coefficient (Wildman–Crippen LogP) is 3.91. The van der Waals surface area contributed by atoms with E-state index in [-0.39, 0.29) is 11.8 Å². The van der Waals surface area contributed by atoms with Crippen LogP contribution < -0.4 is 5.32 Å². The third-order valence-electron chi connectivity index (χ3n) is 5.64. The SMILES string of the molecule is CN(CC(F)F)C(=O)C1CCc2c(sc3ncnc(Nc4ccn5nccc5c4)c23)C1. The molecular weight excluding hydrogens is 422 g/mol. The van der Waals surface area contributed by atoms with E-state index >= 15 is 0 Å². The smallest absolute Gasteiger partial charge is 0.255 e. The first-order valence-electron chi connectivity index (χ1n) is 9.98. The number of thiophene rings is 1. The van der Waals surface area contributed by atoms with Crippen LogP contribution in [0.4, 0.5) is 20.3 Å². The van der Waals surface area contributed by atoms with Crippen LogP contribution in [0.2, 0.25) is 0 Å². The Morgan fingerprint density at radius 3 is 3.10 bits per heavy atom. The monoisotopic (exact) mass is 442 g/mol. The van der Waals surface area contributed by atoms with Gasteiger partial charge in [-0.05, 0) is 43.0 Å². The molecule has 1 aliphatic carbocycles. The van der Waals surface area contributed by atoms with Gasteiger partial charge in [-0.2, -0.15) is 5.10 Å². The number of halogens is 2. The summed E-state index contributed by atoms with van der Waals surface area (Å²) in [6.07, 6.45) is 4.49. The normalized spacial score (nSPS) is 16.1. The van der Waals surface area contributed by atoms with E-state index in [1.54, 1.807) is 22.0 Å². The number of hydrogen-bond donors (Lipinski definition) is 1. The Kier molecular flexibility index (Phi) is 5.01. The number of nitrogens with zero attached hydrogens (tertiary/aromatic N) is 5. The van der Waals surface area contributed by atoms with Crippen molar-refractivity contribution < 1.29 is 13.6 Å². The number of pyridine rings is 1. The molecule has 0 aliphatic heterocycles. The van der Waals surface area contributed by atoms with Crippen LogP contribution in [-0.4, -0.2) is 50.4 Å². The Bertz CT molecular complexity index is 1270. The summed E-state index contributed by atoms with van der Waals surface area (Å²) in [7, 11) is 1.44. The number of anilines is 2. The number of nitrogens with one attached hydrogen (secondary N) is 1. The summed E-state index contributed by atoms with van der Waals surface area (Å²) in [5.74, 6) is 0.228. The van der Waals surface area contributed by atoms with Gasteiger partial charge in [-0.15, -0.1) is 11.3 Å². The van der Waals surface area contributed by atoms with E-state index in [2.05, 4.69) is 20.4 Å². The molecule has 0 radical (unpaired) electrons. The summed E-state index contributed by atoms with van der Waals surface area (Å²) in [6.45, 7) is -0.532. The van der Waals surface area contributed by atoms with Gasteiger partial charge in [0.05, 0.1) is 17.4 Å². The van der Waals surface area contributed by atoms with Crippen molar-refractivity contribution in [1.82, 2.24) is 24.5 Å². The Labute approximate surface area is 180 Å². The van der Waals surface area contributed by atoms with E-state index in [1.807, 2.05) is 24.4 Å². The van der Waals surface area contributed by atoms with Crippen LogP contribution in [0, 0.1) is 5.92 Å². The van der Waals surface area contributed by atoms with Gasteiger partial charge in [0.2, 0.25) is 5.91 Å². The van der Waals surface area contributed by atoms with E-state index in [0.29, 0.717) is 19.3 Å². The highest BCUT2D eigenvalue weighted by Gasteiger charge is 2.31. The summed E-state index contributed by atoms with van der Waals surface area (Å²) in [4.78, 5) is 24.6. The molecule has 7 nitrogen and oxygen atoms in total. The van der Waals surface area contributed by atoms with Crippen LogP contribution in [0.25, 0.3) is 15.7 Å². The van der Waals surface area contributed by atoms with Crippen molar-refractivity contribution in [2.45, 2.75) is 25.7 Å². The van der Waals surface area contributed by atoms with Crippen LogP contribution in [-0.2, 0) is 17.6 Å². The number of aryl methyl sites for hydroxylation is 1. The van der Waals surface area contributed by atoms with Crippen molar-refractivity contribution in [2.75, 3.05) is 18.9 Å². The second kappa shape index (κ2) is 7.84. The van der Waals surface area contributed by atoms with Crippen LogP contribution in [0.1, 0.15) is 16.9 Å². The summed E-state index contributed by atoms with van der Waals surface area (Å²) in [5, 5.41) is 8.58. The summed E-state index contributed by atoms with van der Waals surface area (Å²) in [5.41, 5.74) is 3.01. The van der Waals surface area contributed by atoms with Gasteiger partial charge < -0.3 is 10.2 Å². The second-order valence-corrected chi connectivity index (χ2v) is 8.78. The van der Waals surface area contributed by atoms with E-state index in [9.17, 15) is 13.6 Å². The fourth-order valence-corrected chi connectivity index (χ4v) is 5.43. The number of hydrogen-bond acceptors (Lipinski definition) is 6. The lowest BCUT2D eigenvalue weighted by Gasteiger charge is -2.26. The highest BCUT2D eigenvalue weighted by molar-refractivity contribution is 7.19. The zero-order chi connectivity index (χ0) is 21.5. The summed E-state index contributed by atoms with van der Waals surface area (Å²) in [6, 6.07) is 5.85. The summed E-state index contributed by atoms with van der Waals surface area (Å²) >= 11 is 1.55. The van der Waals surface area contributed by atoms with Crippen molar-refractivity contribution >= 4 is 44.5 Å². The minimum Gasteiger partial charge on any atom is -0.340 e. The Hall–Kier alpha value is -3.14. The first-order chi connectivity index (χ1) is 15.0. The molecule has 1 N–H and O–H groups in total. The van der Waals surface area contributed by atoms with Crippen molar-refractivity contribution in [3.8, 4) is 0 Å². The fraction of sp³-hybridized carbons (Fsp3) is 0.333. The molecule has 4 heterocycles. The number of fused-ring (bicyclic) bond motifs is 4. The molecular formula is C21H20F2N6OS. The molecule has 1 unspecified atom stereocenters. The topological polar surface area (TPSA) is 75.4 Å². The number of rotatable bonds is 5. The predicted molar refractivity (Wildman–Crippen MR) is 115 cm³/mol. The zero-order valence-electron chi connectivity index (χ0n) is 16.8. The molecule has 1 atom stereocenters. The van der Waals surface area contributed by atoms with Gasteiger partial charge in [-0.1, -0.05) is 0 Å². The lowest BCUT2D eigenvalue weighted by atomic mass is 9.87. The standard InChI is InChI=1S/C21H20F2N6OS/c1-28(10-17(22)23)21(30)12-2-3-15-16(8-12)31-20-18(15)19(24-11-25-20)27-13-5-7-29-14(9-13)4-6-26-29/h4-7,9,11-12,17H,2-3,8,10H2,1H3,(H,24,25,27). The lowest BCUT2D eigenvalue weighted by Crippen LogP contribution is -2.38. The number of aromatic nitrogens is 4. The average Bonchev–Trinajstić information content (AvgIpc) is 3.36. The van der Waals surface area contributed by atoms with Crippen molar-refractivity contribution in [3.63, 3.8) is 0 Å². The average molecular weight is 442 g/mol. The third kappa shape index (κ3) is 3.71. The Balaban J connectivity index is 1.43.